The van der Waals surface area contributed by atoms with E-state index >= 15 is 0 Å². The third-order valence-corrected chi connectivity index (χ3v) is 11.7. The van der Waals surface area contributed by atoms with Gasteiger partial charge in [0.15, 0.2) is 0 Å². The Morgan fingerprint density at radius 1 is 0.714 bits per heavy atom. The number of nitrogens with one attached hydrogen (secondary N) is 8. The number of aromatic nitrogens is 1. The van der Waals surface area contributed by atoms with Crippen LogP contribution in [0, 0.1) is 0 Å². The van der Waals surface area contributed by atoms with Gasteiger partial charge in [-0.1, -0.05) is 55.1 Å². The monoisotopic (exact) mass is 970 g/mol. The van der Waals surface area contributed by atoms with Gasteiger partial charge < -0.3 is 69.4 Å². The Kier molecular flexibility index (Phi) is 18.3. The molecule has 0 bridgehead atoms. The second-order valence-corrected chi connectivity index (χ2v) is 17.1. The highest BCUT2D eigenvalue weighted by molar-refractivity contribution is 6.00. The number of amides is 11. The van der Waals surface area contributed by atoms with Crippen molar-refractivity contribution in [3.63, 3.8) is 0 Å². The highest BCUT2D eigenvalue weighted by Gasteiger charge is 2.41. The maximum absolute atomic E-state index is 14.1. The molecule has 0 aliphatic carbocycles. The molecule has 0 saturated carbocycles. The molecule has 15 N–H and O–H groups in total. The lowest BCUT2D eigenvalue weighted by atomic mass is 10.0. The van der Waals surface area contributed by atoms with Gasteiger partial charge in [0.1, 0.15) is 48.3 Å². The molecule has 2 fully saturated rings. The zero-order chi connectivity index (χ0) is 51.2. The lowest BCUT2D eigenvalue weighted by Gasteiger charge is -2.30. The molecule has 0 radical (unpaired) electrons. The number of H-pyrrole nitrogens is 1. The molecule has 1 aromatic heterocycles. The van der Waals surface area contributed by atoms with Gasteiger partial charge in [0, 0.05) is 42.9 Å². The molecule has 0 spiro atoms. The first-order chi connectivity index (χ1) is 33.3. The summed E-state index contributed by atoms with van der Waals surface area (Å²) in [6.45, 7) is 4.13. The quantitative estimate of drug-likeness (QED) is 0.0382. The third-order valence-electron chi connectivity index (χ3n) is 11.7. The molecule has 2 aromatic carbocycles. The maximum Gasteiger partial charge on any atom is 0.248 e. The van der Waals surface area contributed by atoms with Crippen molar-refractivity contribution < 1.29 is 57.8 Å². The van der Waals surface area contributed by atoms with Crippen molar-refractivity contribution in [2.24, 2.45) is 17.2 Å². The van der Waals surface area contributed by atoms with Gasteiger partial charge in [-0.2, -0.15) is 0 Å². The van der Waals surface area contributed by atoms with Crippen LogP contribution in [0.3, 0.4) is 0 Å². The van der Waals surface area contributed by atoms with Crippen molar-refractivity contribution in [1.82, 2.24) is 47.1 Å². The van der Waals surface area contributed by atoms with Crippen LogP contribution in [-0.4, -0.2) is 141 Å². The molecule has 5 rings (SSSR count). The van der Waals surface area contributed by atoms with Crippen LogP contribution in [0.2, 0.25) is 0 Å². The number of benzene rings is 2. The summed E-state index contributed by atoms with van der Waals surface area (Å²) in [6, 6.07) is 4.05. The Balaban J connectivity index is 1.28. The van der Waals surface area contributed by atoms with E-state index in [-0.39, 0.29) is 56.5 Å². The fourth-order valence-electron chi connectivity index (χ4n) is 8.12. The topological polar surface area (TPSA) is 389 Å². The van der Waals surface area contributed by atoms with E-state index in [0.717, 1.165) is 15.8 Å². The number of hydrogen-bond donors (Lipinski definition) is 12. The molecule has 2 aliphatic rings. The summed E-state index contributed by atoms with van der Waals surface area (Å²) in [5.41, 5.74) is 18.6. The molecule has 374 valence electrons. The smallest absolute Gasteiger partial charge is 0.248 e. The molecule has 70 heavy (non-hydrogen) atoms. The van der Waals surface area contributed by atoms with Gasteiger partial charge in [-0.25, -0.2) is 0 Å². The zero-order valence-corrected chi connectivity index (χ0v) is 38.3. The van der Waals surface area contributed by atoms with Gasteiger partial charge in [0.25, 0.3) is 0 Å². The lowest BCUT2D eigenvalue weighted by Crippen LogP contribution is -2.61. The van der Waals surface area contributed by atoms with E-state index in [2.05, 4.69) is 48.8 Å². The summed E-state index contributed by atoms with van der Waals surface area (Å²) in [4.78, 5) is 148. The first-order valence-electron chi connectivity index (χ1n) is 22.4. The number of nitrogens with zero attached hydrogens (tertiary/aromatic N) is 1. The van der Waals surface area contributed by atoms with Gasteiger partial charge in [-0.05, 0) is 49.0 Å². The Hall–Kier alpha value is -8.15. The van der Waals surface area contributed by atoms with Crippen LogP contribution in [0.5, 0.6) is 0 Å². The summed E-state index contributed by atoms with van der Waals surface area (Å²) >= 11 is 0. The minimum Gasteiger partial charge on any atom is -0.394 e. The van der Waals surface area contributed by atoms with Crippen LogP contribution < -0.4 is 54.4 Å². The number of primary amides is 3. The van der Waals surface area contributed by atoms with E-state index in [1.165, 1.54) is 6.92 Å². The number of likely N-dealkylation sites (tertiary alicyclic amines) is 1. The number of fused-ring (bicyclic) bond motifs is 1. The molecule has 0 unspecified atom stereocenters. The number of aliphatic hydroxyl groups excluding tert-OH is 1. The van der Waals surface area contributed by atoms with Crippen LogP contribution in [-0.2, 0) is 65.6 Å². The molecule has 2 saturated heterocycles. The van der Waals surface area contributed by atoms with Crippen LogP contribution in [0.25, 0.3) is 10.9 Å². The van der Waals surface area contributed by atoms with Crippen molar-refractivity contribution in [2.45, 2.75) is 107 Å². The fraction of sp³-hybridized carbons (Fsp3) is 0.413. The van der Waals surface area contributed by atoms with Crippen LogP contribution in [0.15, 0.2) is 72.9 Å². The molecular weight excluding hydrogens is 913 g/mol. The maximum atomic E-state index is 14.1. The molecular formula is C46H58N12O12. The standard InChI is InChI=1S/C46H58N12O12/c1-23(2)38(57-40(64)28-14-15-37(62)51-28)45(69)55-32(20-36(48)61)43(67)53-30(17-24-9-4-3-5-10-24)41(65)56-33(22-59)46(70)58-16-8-13-34(58)44(68)54-31(19-35(47)60)42(66)52-29(39(49)63)18-25-21-50-27-12-7-6-11-26(25)27/h3-7,9-12,21,28-34,38,50,59H,1,8,13-20,22H2,2H3,(H2,47,60)(H2,48,61)(H2,49,63)(H,51,62)(H,52,66)(H,53,67)(H,54,68)(H,55,69)(H,56,65)(H,57,64)/t28-,29-,30-,31-,32-,33-,34-,38-/m0/s1. The Morgan fingerprint density at radius 2 is 1.30 bits per heavy atom. The Morgan fingerprint density at radius 3 is 1.90 bits per heavy atom. The number of hydrogen-bond acceptors (Lipinski definition) is 12. The summed E-state index contributed by atoms with van der Waals surface area (Å²) in [6.07, 6.45) is 0.549. The van der Waals surface area contributed by atoms with E-state index in [9.17, 15) is 57.8 Å². The van der Waals surface area contributed by atoms with Crippen molar-refractivity contribution >= 4 is 75.9 Å². The second-order valence-electron chi connectivity index (χ2n) is 17.1. The minimum absolute atomic E-state index is 0.0378. The number of nitrogens with two attached hydrogens (primary N) is 3. The fourth-order valence-corrected chi connectivity index (χ4v) is 8.12. The SMILES string of the molecule is C=C(C)[C@H](NC(=O)[C@@H]1CCC(=O)N1)C(=O)N[C@@H](CC(N)=O)C(=O)N[C@@H](Cc1ccccc1)C(=O)N[C@@H](CO)C(=O)N1CCC[C@H]1C(=O)N[C@@H](CC(N)=O)C(=O)N[C@@H](Cc1c[nH]c2ccccc12)C(N)=O. The van der Waals surface area contributed by atoms with E-state index in [1.807, 2.05) is 12.1 Å². The van der Waals surface area contributed by atoms with E-state index in [4.69, 9.17) is 17.2 Å². The number of para-hydroxylation sites is 1. The first kappa shape index (κ1) is 52.8. The van der Waals surface area contributed by atoms with Crippen molar-refractivity contribution in [3.05, 3.63) is 84.1 Å². The normalized spacial score (nSPS) is 17.9. The van der Waals surface area contributed by atoms with Gasteiger partial charge >= 0.3 is 0 Å². The molecule has 8 atom stereocenters. The largest absolute Gasteiger partial charge is 0.394 e. The third kappa shape index (κ3) is 14.2. The van der Waals surface area contributed by atoms with Gasteiger partial charge in [-0.15, -0.1) is 0 Å². The zero-order valence-electron chi connectivity index (χ0n) is 38.3. The van der Waals surface area contributed by atoms with Gasteiger partial charge in [0.2, 0.25) is 65.0 Å². The van der Waals surface area contributed by atoms with Crippen LogP contribution >= 0.6 is 0 Å². The predicted octanol–water partition coefficient (Wildman–Crippen LogP) is -4.06. The average molecular weight is 971 g/mol. The van der Waals surface area contributed by atoms with Crippen LogP contribution in [0.4, 0.5) is 0 Å². The summed E-state index contributed by atoms with van der Waals surface area (Å²) in [5.74, 6) is -9.78. The summed E-state index contributed by atoms with van der Waals surface area (Å²) in [7, 11) is 0. The molecule has 3 heterocycles. The number of aliphatic hydroxyl groups is 1. The summed E-state index contributed by atoms with van der Waals surface area (Å²) < 4.78 is 0. The Labute approximate surface area is 401 Å². The van der Waals surface area contributed by atoms with E-state index in [0.29, 0.717) is 11.1 Å². The molecule has 11 amide bonds. The minimum atomic E-state index is -1.71. The number of carbonyl (C=O) groups is 11. The van der Waals surface area contributed by atoms with Gasteiger partial charge in [-0.3, -0.25) is 52.7 Å². The number of aromatic amines is 1. The van der Waals surface area contributed by atoms with Crippen molar-refractivity contribution in [1.29, 1.82) is 0 Å². The second kappa shape index (κ2) is 24.2. The molecule has 2 aliphatic heterocycles. The predicted molar refractivity (Wildman–Crippen MR) is 248 cm³/mol. The van der Waals surface area contributed by atoms with Crippen molar-refractivity contribution in [3.8, 4) is 0 Å². The van der Waals surface area contributed by atoms with Gasteiger partial charge in [0.05, 0.1) is 19.4 Å². The van der Waals surface area contributed by atoms with E-state index < -0.39 is 127 Å². The molecule has 24 heteroatoms. The summed E-state index contributed by atoms with van der Waals surface area (Å²) in [5, 5.41) is 28.4. The highest BCUT2D eigenvalue weighted by atomic mass is 16.3. The molecule has 3 aromatic rings. The van der Waals surface area contributed by atoms with E-state index in [1.54, 1.807) is 48.7 Å². The highest BCUT2D eigenvalue weighted by Crippen LogP contribution is 2.21. The molecule has 24 nitrogen and oxygen atoms in total. The lowest BCUT2D eigenvalue weighted by molar-refractivity contribution is -0.143. The Bertz CT molecular complexity index is 2510. The number of carbonyl (C=O) groups excluding carboxylic acids is 11. The van der Waals surface area contributed by atoms with Crippen molar-refractivity contribution in [2.75, 3.05) is 13.2 Å². The van der Waals surface area contributed by atoms with Crippen LogP contribution in [0.1, 0.15) is 56.6 Å². The first-order valence-corrected chi connectivity index (χ1v) is 22.4. The average Bonchev–Trinajstić information content (AvgIpc) is 4.09. The number of rotatable bonds is 24.